The zero-order chi connectivity index (χ0) is 13.8. The monoisotopic (exact) mass is 266 g/mol. The van der Waals surface area contributed by atoms with E-state index in [2.05, 4.69) is 27.5 Å². The van der Waals surface area contributed by atoms with E-state index in [1.807, 2.05) is 24.5 Å². The third-order valence-corrected chi connectivity index (χ3v) is 3.77. The number of hydrogen-bond donors (Lipinski definition) is 1. The highest BCUT2D eigenvalue weighted by molar-refractivity contribution is 5.41. The van der Waals surface area contributed by atoms with Gasteiger partial charge in [0.25, 0.3) is 0 Å². The molecule has 1 N–H and O–H groups in total. The predicted molar refractivity (Wildman–Crippen MR) is 78.4 cm³/mol. The summed E-state index contributed by atoms with van der Waals surface area (Å²) in [7, 11) is 0. The Morgan fingerprint density at radius 2 is 2.05 bits per heavy atom. The van der Waals surface area contributed by atoms with Crippen molar-refractivity contribution in [3.8, 4) is 11.8 Å². The summed E-state index contributed by atoms with van der Waals surface area (Å²) in [5.41, 5.74) is 4.80. The molecule has 0 bridgehead atoms. The lowest BCUT2D eigenvalue weighted by atomic mass is 10.0. The van der Waals surface area contributed by atoms with Gasteiger partial charge in [-0.2, -0.15) is 0 Å². The number of benzene rings is 1. The van der Waals surface area contributed by atoms with Crippen LogP contribution in [0.5, 0.6) is 0 Å². The maximum absolute atomic E-state index is 8.84. The van der Waals surface area contributed by atoms with Gasteiger partial charge in [0.2, 0.25) is 0 Å². The Morgan fingerprint density at radius 3 is 2.95 bits per heavy atom. The van der Waals surface area contributed by atoms with E-state index in [9.17, 15) is 0 Å². The molecule has 0 aliphatic heterocycles. The third-order valence-electron chi connectivity index (χ3n) is 3.77. The molecule has 102 valence electrons. The van der Waals surface area contributed by atoms with Gasteiger partial charge in [0, 0.05) is 17.8 Å². The molecule has 0 fully saturated rings. The minimum absolute atomic E-state index is 0.102. The normalized spacial score (nSPS) is 13.4. The van der Waals surface area contributed by atoms with Gasteiger partial charge in [0.05, 0.1) is 12.0 Å². The van der Waals surface area contributed by atoms with Crippen LogP contribution in [0, 0.1) is 11.8 Å². The van der Waals surface area contributed by atoms with E-state index >= 15 is 0 Å². The first-order chi connectivity index (χ1) is 9.88. The fourth-order valence-corrected chi connectivity index (χ4v) is 2.77. The van der Waals surface area contributed by atoms with Crippen molar-refractivity contribution in [1.82, 2.24) is 9.55 Å². The molecule has 0 unspecified atom stereocenters. The van der Waals surface area contributed by atoms with E-state index in [-0.39, 0.29) is 6.61 Å². The summed E-state index contributed by atoms with van der Waals surface area (Å²) in [6.45, 7) is 0.702. The van der Waals surface area contributed by atoms with E-state index in [0.717, 1.165) is 24.9 Å². The Morgan fingerprint density at radius 1 is 1.20 bits per heavy atom. The Labute approximate surface area is 119 Å². The van der Waals surface area contributed by atoms with Crippen molar-refractivity contribution in [2.75, 3.05) is 6.61 Å². The van der Waals surface area contributed by atoms with E-state index in [4.69, 9.17) is 5.11 Å². The molecule has 3 rings (SSSR count). The molecule has 1 aromatic carbocycles. The summed E-state index contributed by atoms with van der Waals surface area (Å²) < 4.78 is 2.24. The van der Waals surface area contributed by atoms with Gasteiger partial charge in [-0.3, -0.25) is 0 Å². The van der Waals surface area contributed by atoms with Crippen molar-refractivity contribution in [2.24, 2.45) is 0 Å². The van der Waals surface area contributed by atoms with Crippen molar-refractivity contribution in [3.63, 3.8) is 0 Å². The van der Waals surface area contributed by atoms with E-state index in [1.165, 1.54) is 29.8 Å². The van der Waals surface area contributed by atoms with Crippen LogP contribution < -0.4 is 0 Å². The molecule has 0 amide bonds. The second-order valence-corrected chi connectivity index (χ2v) is 5.09. The van der Waals surface area contributed by atoms with Crippen LogP contribution in [0.3, 0.4) is 0 Å². The number of rotatable bonds is 2. The molecule has 0 radical (unpaired) electrons. The van der Waals surface area contributed by atoms with Crippen molar-refractivity contribution in [2.45, 2.75) is 32.2 Å². The van der Waals surface area contributed by atoms with Gasteiger partial charge in [-0.05, 0) is 37.3 Å². The molecule has 1 aliphatic carbocycles. The first kappa shape index (κ1) is 13.0. The zero-order valence-electron chi connectivity index (χ0n) is 11.5. The predicted octanol–water partition coefficient (Wildman–Crippen LogP) is 2.15. The van der Waals surface area contributed by atoms with Crippen molar-refractivity contribution in [1.29, 1.82) is 0 Å². The summed E-state index contributed by atoms with van der Waals surface area (Å²) >= 11 is 0. The molecule has 2 aromatic rings. The zero-order valence-corrected chi connectivity index (χ0v) is 11.5. The first-order valence-electron chi connectivity index (χ1n) is 7.09. The molecule has 1 aliphatic rings. The van der Waals surface area contributed by atoms with Gasteiger partial charge >= 0.3 is 0 Å². The average Bonchev–Trinajstić information content (AvgIpc) is 2.90. The highest BCUT2D eigenvalue weighted by Crippen LogP contribution is 2.21. The Kier molecular flexibility index (Phi) is 3.85. The van der Waals surface area contributed by atoms with Crippen LogP contribution in [0.15, 0.2) is 30.6 Å². The summed E-state index contributed by atoms with van der Waals surface area (Å²) in [5, 5.41) is 8.84. The molecule has 1 aromatic heterocycles. The van der Waals surface area contributed by atoms with Crippen molar-refractivity contribution >= 4 is 0 Å². The molecule has 3 heteroatoms. The third kappa shape index (κ3) is 2.61. The van der Waals surface area contributed by atoms with Gasteiger partial charge in [-0.15, -0.1) is 0 Å². The maximum Gasteiger partial charge on any atom is 0.104 e. The standard InChI is InChI=1S/C17H18N2O/c20-11-5-8-14-6-1-2-7-15(14)12-19-13-18-16-9-3-4-10-17(16)19/h1-2,6-7,13,20H,3-4,9-12H2. The topological polar surface area (TPSA) is 38.0 Å². The lowest BCUT2D eigenvalue weighted by molar-refractivity contribution is 0.350. The summed E-state index contributed by atoms with van der Waals surface area (Å²) in [5.74, 6) is 5.75. The minimum Gasteiger partial charge on any atom is -0.384 e. The second-order valence-electron chi connectivity index (χ2n) is 5.09. The maximum atomic E-state index is 8.84. The average molecular weight is 266 g/mol. The SMILES string of the molecule is OCC#Cc1ccccc1Cn1cnc2c1CCCC2. The molecule has 0 atom stereocenters. The molecule has 0 saturated carbocycles. The molecule has 0 saturated heterocycles. The minimum atomic E-state index is -0.102. The molecule has 0 spiro atoms. The Hall–Kier alpha value is -2.05. The van der Waals surface area contributed by atoms with Crippen LogP contribution in [0.25, 0.3) is 0 Å². The Bertz CT molecular complexity index is 661. The number of nitrogens with zero attached hydrogens (tertiary/aromatic N) is 2. The quantitative estimate of drug-likeness (QED) is 0.846. The van der Waals surface area contributed by atoms with Crippen molar-refractivity contribution in [3.05, 3.63) is 53.1 Å². The van der Waals surface area contributed by atoms with Crippen molar-refractivity contribution < 1.29 is 5.11 Å². The van der Waals surface area contributed by atoms with Gasteiger partial charge in [-0.25, -0.2) is 4.98 Å². The number of imidazole rings is 1. The van der Waals surface area contributed by atoms with E-state index in [1.54, 1.807) is 0 Å². The highest BCUT2D eigenvalue weighted by atomic mass is 16.2. The van der Waals surface area contributed by atoms with Crippen LogP contribution in [0.1, 0.15) is 35.4 Å². The van der Waals surface area contributed by atoms with Crippen LogP contribution in [0.2, 0.25) is 0 Å². The largest absolute Gasteiger partial charge is 0.384 e. The van der Waals surface area contributed by atoms with Crippen LogP contribution in [0.4, 0.5) is 0 Å². The smallest absolute Gasteiger partial charge is 0.104 e. The van der Waals surface area contributed by atoms with Gasteiger partial charge in [0.1, 0.15) is 6.61 Å². The Balaban J connectivity index is 1.90. The molecule has 20 heavy (non-hydrogen) atoms. The molecular weight excluding hydrogens is 248 g/mol. The number of fused-ring (bicyclic) bond motifs is 1. The van der Waals surface area contributed by atoms with Crippen LogP contribution in [-0.2, 0) is 19.4 Å². The fourth-order valence-electron chi connectivity index (χ4n) is 2.77. The summed E-state index contributed by atoms with van der Waals surface area (Å²) in [4.78, 5) is 4.53. The fraction of sp³-hybridized carbons (Fsp3) is 0.353. The van der Waals surface area contributed by atoms with Crippen LogP contribution in [-0.4, -0.2) is 21.3 Å². The lowest BCUT2D eigenvalue weighted by Gasteiger charge is -2.14. The molecule has 1 heterocycles. The number of hydrogen-bond acceptors (Lipinski definition) is 2. The first-order valence-corrected chi connectivity index (χ1v) is 7.09. The lowest BCUT2D eigenvalue weighted by Crippen LogP contribution is -2.09. The summed E-state index contributed by atoms with van der Waals surface area (Å²) in [6.07, 6.45) is 6.69. The van der Waals surface area contributed by atoms with E-state index in [0.29, 0.717) is 0 Å². The number of aromatic nitrogens is 2. The number of aliphatic hydroxyl groups excluding tert-OH is 1. The van der Waals surface area contributed by atoms with Gasteiger partial charge < -0.3 is 9.67 Å². The second kappa shape index (κ2) is 5.94. The highest BCUT2D eigenvalue weighted by Gasteiger charge is 2.15. The van der Waals surface area contributed by atoms with Gasteiger partial charge in [-0.1, -0.05) is 30.0 Å². The molecule has 3 nitrogen and oxygen atoms in total. The van der Waals surface area contributed by atoms with E-state index < -0.39 is 0 Å². The molecular formula is C17H18N2O. The van der Waals surface area contributed by atoms with Gasteiger partial charge in [0.15, 0.2) is 0 Å². The number of aliphatic hydroxyl groups is 1. The number of aryl methyl sites for hydroxylation is 1. The summed E-state index contributed by atoms with van der Waals surface area (Å²) in [6, 6.07) is 8.11. The van der Waals surface area contributed by atoms with Crippen LogP contribution >= 0.6 is 0 Å².